The van der Waals surface area contributed by atoms with E-state index < -0.39 is 5.82 Å². The van der Waals surface area contributed by atoms with Gasteiger partial charge in [0, 0.05) is 5.56 Å². The summed E-state index contributed by atoms with van der Waals surface area (Å²) in [5, 5.41) is 0. The van der Waals surface area contributed by atoms with E-state index in [2.05, 4.69) is 4.98 Å². The van der Waals surface area contributed by atoms with Gasteiger partial charge in [0.05, 0.1) is 22.1 Å². The van der Waals surface area contributed by atoms with Crippen molar-refractivity contribution in [1.29, 1.82) is 0 Å². The fraction of sp³-hybridized carbons (Fsp3) is 0.154. The molecule has 0 bridgehead atoms. The molecule has 0 N–H and O–H groups in total. The van der Waals surface area contributed by atoms with Gasteiger partial charge in [-0.25, -0.2) is 9.37 Å². The lowest BCUT2D eigenvalue weighted by Gasteiger charge is -2.06. The molecule has 0 aliphatic carbocycles. The fourth-order valence-corrected chi connectivity index (χ4v) is 1.99. The zero-order chi connectivity index (χ0) is 14.0. The second kappa shape index (κ2) is 5.60. The van der Waals surface area contributed by atoms with Crippen molar-refractivity contribution in [3.8, 4) is 0 Å². The van der Waals surface area contributed by atoms with Crippen LogP contribution in [0.4, 0.5) is 4.39 Å². The summed E-state index contributed by atoms with van der Waals surface area (Å²) in [5.74, 6) is -0.663. The average Bonchev–Trinajstić information content (AvgIpc) is 2.40. The SMILES string of the molecule is Cc1ncn(CC(=O)c2ccc(F)cc2)c(=O)c1I. The highest BCUT2D eigenvalue weighted by Crippen LogP contribution is 2.06. The second-order valence-corrected chi connectivity index (χ2v) is 5.09. The Balaban J connectivity index is 2.27. The molecule has 1 aromatic heterocycles. The van der Waals surface area contributed by atoms with Crippen LogP contribution >= 0.6 is 22.6 Å². The van der Waals surface area contributed by atoms with Crippen molar-refractivity contribution in [3.05, 3.63) is 61.6 Å². The van der Waals surface area contributed by atoms with Gasteiger partial charge in [0.25, 0.3) is 5.56 Å². The lowest BCUT2D eigenvalue weighted by Crippen LogP contribution is -2.27. The lowest BCUT2D eigenvalue weighted by molar-refractivity contribution is 0.0970. The Morgan fingerprint density at radius 1 is 1.37 bits per heavy atom. The van der Waals surface area contributed by atoms with Crippen molar-refractivity contribution in [2.24, 2.45) is 0 Å². The number of carbonyl (C=O) groups is 1. The average molecular weight is 372 g/mol. The molecule has 1 heterocycles. The summed E-state index contributed by atoms with van der Waals surface area (Å²) >= 11 is 1.90. The Labute approximate surface area is 122 Å². The van der Waals surface area contributed by atoms with Crippen molar-refractivity contribution in [2.75, 3.05) is 0 Å². The summed E-state index contributed by atoms with van der Waals surface area (Å²) in [6.45, 7) is 1.63. The van der Waals surface area contributed by atoms with Gasteiger partial charge in [-0.3, -0.25) is 14.2 Å². The third-order valence-electron chi connectivity index (χ3n) is 2.64. The summed E-state index contributed by atoms with van der Waals surface area (Å²) in [5.41, 5.74) is 0.753. The van der Waals surface area contributed by atoms with Crippen molar-refractivity contribution >= 4 is 28.4 Å². The number of aryl methyl sites for hydroxylation is 1. The van der Waals surface area contributed by atoms with E-state index in [1.165, 1.54) is 35.2 Å². The zero-order valence-corrected chi connectivity index (χ0v) is 12.2. The van der Waals surface area contributed by atoms with Gasteiger partial charge in [-0.15, -0.1) is 0 Å². The number of aromatic nitrogens is 2. The minimum absolute atomic E-state index is 0.103. The second-order valence-electron chi connectivity index (χ2n) is 4.01. The third-order valence-corrected chi connectivity index (χ3v) is 3.88. The van der Waals surface area contributed by atoms with Crippen molar-refractivity contribution in [3.63, 3.8) is 0 Å². The molecule has 0 spiro atoms. The van der Waals surface area contributed by atoms with Crippen LogP contribution in [-0.2, 0) is 6.54 Å². The normalized spacial score (nSPS) is 10.5. The van der Waals surface area contributed by atoms with E-state index >= 15 is 0 Å². The molecule has 2 aromatic rings. The van der Waals surface area contributed by atoms with Crippen LogP contribution in [0.1, 0.15) is 16.1 Å². The van der Waals surface area contributed by atoms with E-state index in [-0.39, 0.29) is 17.9 Å². The fourth-order valence-electron chi connectivity index (χ4n) is 1.54. The van der Waals surface area contributed by atoms with Gasteiger partial charge in [0.15, 0.2) is 5.78 Å². The first-order valence-corrected chi connectivity index (χ1v) is 6.57. The molecule has 19 heavy (non-hydrogen) atoms. The smallest absolute Gasteiger partial charge is 0.267 e. The summed E-state index contributed by atoms with van der Waals surface area (Å²) in [7, 11) is 0. The number of Topliss-reactive ketones (excluding diaryl/α,β-unsaturated/α-hetero) is 1. The number of hydrogen-bond acceptors (Lipinski definition) is 3. The van der Waals surface area contributed by atoms with Crippen LogP contribution in [0.15, 0.2) is 35.4 Å². The van der Waals surface area contributed by atoms with Gasteiger partial charge in [-0.05, 0) is 53.8 Å². The number of benzene rings is 1. The molecule has 0 saturated carbocycles. The van der Waals surface area contributed by atoms with E-state index in [1.54, 1.807) is 6.92 Å². The summed E-state index contributed by atoms with van der Waals surface area (Å²) in [4.78, 5) is 27.9. The molecule has 0 aliphatic rings. The van der Waals surface area contributed by atoms with Crippen molar-refractivity contribution in [2.45, 2.75) is 13.5 Å². The van der Waals surface area contributed by atoms with E-state index in [9.17, 15) is 14.0 Å². The quantitative estimate of drug-likeness (QED) is 0.613. The molecular formula is C13H10FIN2O2. The first-order valence-electron chi connectivity index (χ1n) is 5.49. The van der Waals surface area contributed by atoms with Gasteiger partial charge in [-0.1, -0.05) is 0 Å². The van der Waals surface area contributed by atoms with Gasteiger partial charge in [0.1, 0.15) is 5.82 Å². The Kier molecular flexibility index (Phi) is 4.08. The van der Waals surface area contributed by atoms with Gasteiger partial charge >= 0.3 is 0 Å². The van der Waals surface area contributed by atoms with Crippen LogP contribution < -0.4 is 5.56 Å². The van der Waals surface area contributed by atoms with Crippen molar-refractivity contribution in [1.82, 2.24) is 9.55 Å². The topological polar surface area (TPSA) is 52.0 Å². The third kappa shape index (κ3) is 3.06. The maximum absolute atomic E-state index is 12.8. The molecule has 2 rings (SSSR count). The number of halogens is 2. The number of hydrogen-bond donors (Lipinski definition) is 0. The molecule has 0 aliphatic heterocycles. The Morgan fingerprint density at radius 2 is 2.00 bits per heavy atom. The monoisotopic (exact) mass is 372 g/mol. The first kappa shape index (κ1) is 13.9. The van der Waals surface area contributed by atoms with Crippen LogP contribution in [0.5, 0.6) is 0 Å². The number of rotatable bonds is 3. The number of ketones is 1. The van der Waals surface area contributed by atoms with E-state index in [0.29, 0.717) is 14.8 Å². The predicted molar refractivity (Wildman–Crippen MR) is 76.7 cm³/mol. The predicted octanol–water partition coefficient (Wildman–Crippen LogP) is 2.18. The highest BCUT2D eigenvalue weighted by atomic mass is 127. The molecule has 4 nitrogen and oxygen atoms in total. The van der Waals surface area contributed by atoms with Crippen molar-refractivity contribution < 1.29 is 9.18 Å². The molecule has 0 amide bonds. The molecule has 0 radical (unpaired) electrons. The number of carbonyl (C=O) groups excluding carboxylic acids is 1. The number of nitrogens with zero attached hydrogens (tertiary/aromatic N) is 2. The van der Waals surface area contributed by atoms with Gasteiger partial charge < -0.3 is 0 Å². The highest BCUT2D eigenvalue weighted by Gasteiger charge is 2.11. The van der Waals surface area contributed by atoms with E-state index in [1.807, 2.05) is 22.6 Å². The van der Waals surface area contributed by atoms with Crippen LogP contribution in [-0.4, -0.2) is 15.3 Å². The molecule has 0 atom stereocenters. The Hall–Kier alpha value is -1.57. The minimum atomic E-state index is -0.403. The molecule has 6 heteroatoms. The molecule has 98 valence electrons. The van der Waals surface area contributed by atoms with Crippen LogP contribution in [0.3, 0.4) is 0 Å². The van der Waals surface area contributed by atoms with Crippen LogP contribution in [0, 0.1) is 16.3 Å². The Bertz CT molecular complexity index is 680. The van der Waals surface area contributed by atoms with Crippen LogP contribution in [0.25, 0.3) is 0 Å². The zero-order valence-electron chi connectivity index (χ0n) is 10.1. The molecule has 0 fully saturated rings. The minimum Gasteiger partial charge on any atom is -0.292 e. The molecule has 0 unspecified atom stereocenters. The van der Waals surface area contributed by atoms with E-state index in [0.717, 1.165) is 0 Å². The lowest BCUT2D eigenvalue weighted by atomic mass is 10.1. The summed E-state index contributed by atoms with van der Waals surface area (Å²) in [6.07, 6.45) is 1.35. The largest absolute Gasteiger partial charge is 0.292 e. The van der Waals surface area contributed by atoms with Gasteiger partial charge in [-0.2, -0.15) is 0 Å². The van der Waals surface area contributed by atoms with E-state index in [4.69, 9.17) is 0 Å². The maximum Gasteiger partial charge on any atom is 0.267 e. The van der Waals surface area contributed by atoms with Gasteiger partial charge in [0.2, 0.25) is 0 Å². The molecular weight excluding hydrogens is 362 g/mol. The highest BCUT2D eigenvalue weighted by molar-refractivity contribution is 14.1. The van der Waals surface area contributed by atoms with Crippen LogP contribution in [0.2, 0.25) is 0 Å². The standard InChI is InChI=1S/C13H10FIN2O2/c1-8-12(15)13(19)17(7-16-8)6-11(18)9-2-4-10(14)5-3-9/h2-5,7H,6H2,1H3. The summed E-state index contributed by atoms with van der Waals surface area (Å²) < 4.78 is 14.5. The first-order chi connectivity index (χ1) is 8.99. The Morgan fingerprint density at radius 3 is 2.63 bits per heavy atom. The molecule has 0 saturated heterocycles. The summed E-state index contributed by atoms with van der Waals surface area (Å²) in [6, 6.07) is 5.23. The molecule has 1 aromatic carbocycles. The maximum atomic E-state index is 12.8.